The van der Waals surface area contributed by atoms with Crippen molar-refractivity contribution >= 4 is 5.97 Å². The highest BCUT2D eigenvalue weighted by Gasteiger charge is 2.10. The van der Waals surface area contributed by atoms with Gasteiger partial charge >= 0.3 is 5.97 Å². The number of halogens is 1. The average molecular weight is 247 g/mol. The monoisotopic (exact) mass is 247 g/mol. The molecule has 0 saturated carbocycles. The molecule has 2 rings (SSSR count). The van der Waals surface area contributed by atoms with Crippen molar-refractivity contribution in [2.75, 3.05) is 0 Å². The maximum Gasteiger partial charge on any atom is 0.337 e. The molecule has 0 spiro atoms. The third kappa shape index (κ3) is 2.15. The van der Waals surface area contributed by atoms with Gasteiger partial charge in [0.25, 0.3) is 5.56 Å². The predicted molar refractivity (Wildman–Crippen MR) is 64.2 cm³/mol. The standard InChI is InChI=1S/C13H10FNO3/c1-7-2-3-8(5-11(7)14)10-4-9(13(17)18)6-15-12(10)16/h2-6H,1H3,(H,15,16)(H,17,18). The second-order valence-corrected chi connectivity index (χ2v) is 3.90. The Balaban J connectivity index is 2.62. The van der Waals surface area contributed by atoms with Crippen LogP contribution in [0.15, 0.2) is 35.3 Å². The molecule has 0 bridgehead atoms. The summed E-state index contributed by atoms with van der Waals surface area (Å²) in [6.07, 6.45) is 1.11. The molecule has 0 saturated heterocycles. The zero-order valence-electron chi connectivity index (χ0n) is 9.53. The van der Waals surface area contributed by atoms with Crippen LogP contribution in [0.5, 0.6) is 0 Å². The Hall–Kier alpha value is -2.43. The highest BCUT2D eigenvalue weighted by Crippen LogP contribution is 2.19. The van der Waals surface area contributed by atoms with Gasteiger partial charge in [-0.1, -0.05) is 12.1 Å². The lowest BCUT2D eigenvalue weighted by atomic mass is 10.0. The average Bonchev–Trinajstić information content (AvgIpc) is 2.33. The van der Waals surface area contributed by atoms with Crippen molar-refractivity contribution in [2.24, 2.45) is 0 Å². The number of aromatic amines is 1. The third-order valence-electron chi connectivity index (χ3n) is 2.63. The molecule has 4 nitrogen and oxygen atoms in total. The zero-order chi connectivity index (χ0) is 13.3. The third-order valence-corrected chi connectivity index (χ3v) is 2.63. The number of benzene rings is 1. The second-order valence-electron chi connectivity index (χ2n) is 3.90. The highest BCUT2D eigenvalue weighted by atomic mass is 19.1. The Morgan fingerprint density at radius 2 is 2.06 bits per heavy atom. The number of H-pyrrole nitrogens is 1. The Kier molecular flexibility index (Phi) is 2.97. The number of aromatic nitrogens is 1. The molecule has 2 N–H and O–H groups in total. The number of hydrogen-bond donors (Lipinski definition) is 2. The number of carbonyl (C=O) groups is 1. The van der Waals surface area contributed by atoms with Gasteiger partial charge in [-0.25, -0.2) is 9.18 Å². The van der Waals surface area contributed by atoms with E-state index < -0.39 is 17.3 Å². The van der Waals surface area contributed by atoms with E-state index in [0.29, 0.717) is 11.1 Å². The summed E-state index contributed by atoms with van der Waals surface area (Å²) in [5, 5.41) is 8.85. The first-order valence-corrected chi connectivity index (χ1v) is 5.21. The highest BCUT2D eigenvalue weighted by molar-refractivity contribution is 5.88. The fourth-order valence-electron chi connectivity index (χ4n) is 1.58. The molecular formula is C13H10FNO3. The van der Waals surface area contributed by atoms with Gasteiger partial charge < -0.3 is 10.1 Å². The van der Waals surface area contributed by atoms with Crippen LogP contribution < -0.4 is 5.56 Å². The summed E-state index contributed by atoms with van der Waals surface area (Å²) in [5.41, 5.74) is 0.439. The maximum absolute atomic E-state index is 13.4. The van der Waals surface area contributed by atoms with E-state index in [0.717, 1.165) is 6.20 Å². The normalized spacial score (nSPS) is 10.3. The number of aryl methyl sites for hydroxylation is 1. The van der Waals surface area contributed by atoms with Crippen LogP contribution in [0.25, 0.3) is 11.1 Å². The first-order chi connectivity index (χ1) is 8.49. The molecule has 0 aliphatic carbocycles. The van der Waals surface area contributed by atoms with E-state index >= 15 is 0 Å². The molecule has 18 heavy (non-hydrogen) atoms. The van der Waals surface area contributed by atoms with Crippen molar-refractivity contribution in [1.82, 2.24) is 4.98 Å². The van der Waals surface area contributed by atoms with Crippen molar-refractivity contribution in [3.63, 3.8) is 0 Å². The molecule has 0 unspecified atom stereocenters. The SMILES string of the molecule is Cc1ccc(-c2cc(C(=O)O)c[nH]c2=O)cc1F. The van der Waals surface area contributed by atoms with Crippen LogP contribution in [0.3, 0.4) is 0 Å². The van der Waals surface area contributed by atoms with Crippen LogP contribution in [-0.4, -0.2) is 16.1 Å². The first kappa shape index (κ1) is 12.0. The summed E-state index contributed by atoms with van der Waals surface area (Å²) in [4.78, 5) is 24.8. The lowest BCUT2D eigenvalue weighted by molar-refractivity contribution is 0.0696. The minimum absolute atomic E-state index is 0.0504. The molecule has 0 aliphatic rings. The molecule has 0 fully saturated rings. The van der Waals surface area contributed by atoms with Gasteiger partial charge in [0.1, 0.15) is 5.82 Å². The summed E-state index contributed by atoms with van der Waals surface area (Å²) >= 11 is 0. The van der Waals surface area contributed by atoms with Gasteiger partial charge in [0.2, 0.25) is 0 Å². The smallest absolute Gasteiger partial charge is 0.337 e. The van der Waals surface area contributed by atoms with Gasteiger partial charge in [-0.2, -0.15) is 0 Å². The number of rotatable bonds is 2. The summed E-state index contributed by atoms with van der Waals surface area (Å²) in [6, 6.07) is 5.56. The Labute approximate surface area is 102 Å². The van der Waals surface area contributed by atoms with Crippen molar-refractivity contribution < 1.29 is 14.3 Å². The molecule has 1 aromatic carbocycles. The molecule has 1 heterocycles. The van der Waals surface area contributed by atoms with Crippen LogP contribution >= 0.6 is 0 Å². The van der Waals surface area contributed by atoms with Crippen molar-refractivity contribution in [3.05, 3.63) is 57.8 Å². The van der Waals surface area contributed by atoms with Crippen LogP contribution in [0.1, 0.15) is 15.9 Å². The van der Waals surface area contributed by atoms with Gasteiger partial charge in [-0.15, -0.1) is 0 Å². The molecule has 92 valence electrons. The van der Waals surface area contributed by atoms with E-state index in [9.17, 15) is 14.0 Å². The number of carboxylic acid groups (broad SMARTS) is 1. The predicted octanol–water partition coefficient (Wildman–Crippen LogP) is 2.19. The van der Waals surface area contributed by atoms with Crippen molar-refractivity contribution in [3.8, 4) is 11.1 Å². The second kappa shape index (κ2) is 4.44. The number of pyridine rings is 1. The van der Waals surface area contributed by atoms with E-state index in [4.69, 9.17) is 5.11 Å². The lowest BCUT2D eigenvalue weighted by Crippen LogP contribution is -2.11. The van der Waals surface area contributed by atoms with E-state index in [2.05, 4.69) is 4.98 Å². The van der Waals surface area contributed by atoms with Gasteiger partial charge in [0.05, 0.1) is 5.56 Å². The molecule has 2 aromatic rings. The summed E-state index contributed by atoms with van der Waals surface area (Å²) in [5.74, 6) is -1.59. The van der Waals surface area contributed by atoms with Crippen LogP contribution in [0, 0.1) is 12.7 Å². The van der Waals surface area contributed by atoms with E-state index in [1.165, 1.54) is 18.2 Å². The maximum atomic E-state index is 13.4. The Morgan fingerprint density at radius 3 is 2.67 bits per heavy atom. The van der Waals surface area contributed by atoms with Gasteiger partial charge in [-0.05, 0) is 30.2 Å². The molecule has 1 aromatic heterocycles. The fourth-order valence-corrected chi connectivity index (χ4v) is 1.58. The quantitative estimate of drug-likeness (QED) is 0.854. The van der Waals surface area contributed by atoms with Gasteiger partial charge in [-0.3, -0.25) is 4.79 Å². The van der Waals surface area contributed by atoms with Gasteiger partial charge in [0.15, 0.2) is 0 Å². The summed E-state index contributed by atoms with van der Waals surface area (Å²) in [7, 11) is 0. The molecule has 0 aliphatic heterocycles. The van der Waals surface area contributed by atoms with Crippen molar-refractivity contribution in [2.45, 2.75) is 6.92 Å². The minimum atomic E-state index is -1.15. The topological polar surface area (TPSA) is 70.2 Å². The van der Waals surface area contributed by atoms with E-state index in [-0.39, 0.29) is 11.1 Å². The molecule has 0 amide bonds. The number of aromatic carboxylic acids is 1. The Bertz CT molecular complexity index is 676. The lowest BCUT2D eigenvalue weighted by Gasteiger charge is -2.04. The van der Waals surface area contributed by atoms with Crippen LogP contribution in [0.2, 0.25) is 0 Å². The molecule has 0 atom stereocenters. The van der Waals surface area contributed by atoms with E-state index in [1.54, 1.807) is 13.0 Å². The molecular weight excluding hydrogens is 237 g/mol. The number of carboxylic acids is 1. The molecule has 0 radical (unpaired) electrons. The largest absolute Gasteiger partial charge is 0.478 e. The summed E-state index contributed by atoms with van der Waals surface area (Å²) in [6.45, 7) is 1.61. The first-order valence-electron chi connectivity index (χ1n) is 5.21. The number of nitrogens with one attached hydrogen (secondary N) is 1. The van der Waals surface area contributed by atoms with E-state index in [1.807, 2.05) is 0 Å². The van der Waals surface area contributed by atoms with Crippen LogP contribution in [0.4, 0.5) is 4.39 Å². The van der Waals surface area contributed by atoms with Crippen LogP contribution in [-0.2, 0) is 0 Å². The fraction of sp³-hybridized carbons (Fsp3) is 0.0769. The van der Waals surface area contributed by atoms with Crippen molar-refractivity contribution in [1.29, 1.82) is 0 Å². The zero-order valence-corrected chi connectivity index (χ0v) is 9.53. The molecule has 5 heteroatoms. The minimum Gasteiger partial charge on any atom is -0.478 e. The van der Waals surface area contributed by atoms with Gasteiger partial charge in [0, 0.05) is 11.8 Å². The number of hydrogen-bond acceptors (Lipinski definition) is 2. The Morgan fingerprint density at radius 1 is 1.33 bits per heavy atom. The summed E-state index contributed by atoms with van der Waals surface area (Å²) < 4.78 is 13.4.